The van der Waals surface area contributed by atoms with Crippen LogP contribution in [0, 0.1) is 6.92 Å². The first-order valence-corrected chi connectivity index (χ1v) is 12.6. The molecule has 1 aliphatic heterocycles. The molecule has 1 aliphatic rings. The van der Waals surface area contributed by atoms with Gasteiger partial charge in [0.05, 0.1) is 18.1 Å². The molecule has 0 spiro atoms. The van der Waals surface area contributed by atoms with Crippen LogP contribution in [0.2, 0.25) is 0 Å². The Morgan fingerprint density at radius 1 is 0.909 bits per heavy atom. The highest BCUT2D eigenvalue weighted by atomic mass is 32.2. The van der Waals surface area contributed by atoms with Crippen molar-refractivity contribution < 1.29 is 17.9 Å². The van der Waals surface area contributed by atoms with E-state index in [9.17, 15) is 8.42 Å². The summed E-state index contributed by atoms with van der Waals surface area (Å²) < 4.78 is 40.0. The van der Waals surface area contributed by atoms with Gasteiger partial charge in [-0.25, -0.2) is 8.42 Å². The molecular formula is C26H30N2O4S. The monoisotopic (exact) mass is 466 g/mol. The van der Waals surface area contributed by atoms with E-state index in [2.05, 4.69) is 4.90 Å². The summed E-state index contributed by atoms with van der Waals surface area (Å²) in [7, 11) is -3.65. The number of hydrogen-bond donors (Lipinski definition) is 0. The quantitative estimate of drug-likeness (QED) is 0.470. The van der Waals surface area contributed by atoms with E-state index in [1.165, 1.54) is 0 Å². The van der Waals surface area contributed by atoms with Gasteiger partial charge < -0.3 is 9.47 Å². The maximum atomic E-state index is 13.5. The number of sulfonamides is 1. The first-order chi connectivity index (χ1) is 16.0. The summed E-state index contributed by atoms with van der Waals surface area (Å²) in [6, 6.07) is 24.2. The number of rotatable bonds is 9. The molecule has 0 bridgehead atoms. The van der Waals surface area contributed by atoms with E-state index in [4.69, 9.17) is 9.47 Å². The van der Waals surface area contributed by atoms with Gasteiger partial charge in [0.2, 0.25) is 10.0 Å². The molecule has 3 aromatic carbocycles. The van der Waals surface area contributed by atoms with Gasteiger partial charge in [0.25, 0.3) is 0 Å². The van der Waals surface area contributed by atoms with Gasteiger partial charge >= 0.3 is 0 Å². The normalized spacial score (nSPS) is 15.0. The molecule has 33 heavy (non-hydrogen) atoms. The summed E-state index contributed by atoms with van der Waals surface area (Å²) >= 11 is 0. The van der Waals surface area contributed by atoms with Gasteiger partial charge in [0, 0.05) is 32.7 Å². The highest BCUT2D eigenvalue weighted by Crippen LogP contribution is 2.24. The average Bonchev–Trinajstić information content (AvgIpc) is 2.83. The van der Waals surface area contributed by atoms with Gasteiger partial charge in [-0.15, -0.1) is 0 Å². The standard InChI is InChI=1S/C26H30N2O4S/c1-22-10-12-26(13-11-22)33(29,30)28(15-14-27-16-18-31-19-17-27)21-23-6-5-9-25(20-23)32-24-7-3-2-4-8-24/h2-13,20H,14-19,21H2,1H3. The van der Waals surface area contributed by atoms with Crippen molar-refractivity contribution in [3.63, 3.8) is 0 Å². The number of nitrogens with zero attached hydrogens (tertiary/aromatic N) is 2. The van der Waals surface area contributed by atoms with E-state index in [-0.39, 0.29) is 6.54 Å². The van der Waals surface area contributed by atoms with Gasteiger partial charge in [-0.05, 0) is 48.9 Å². The van der Waals surface area contributed by atoms with Crippen LogP contribution in [-0.2, 0) is 21.3 Å². The van der Waals surface area contributed by atoms with E-state index in [1.807, 2.05) is 73.7 Å². The molecule has 0 amide bonds. The van der Waals surface area contributed by atoms with Crippen LogP contribution < -0.4 is 4.74 Å². The Kier molecular flexibility index (Phi) is 7.77. The highest BCUT2D eigenvalue weighted by Gasteiger charge is 2.25. The number of aryl methyl sites for hydroxylation is 1. The Balaban J connectivity index is 1.55. The molecule has 0 aliphatic carbocycles. The molecule has 0 saturated carbocycles. The van der Waals surface area contributed by atoms with Gasteiger partial charge in [-0.3, -0.25) is 4.90 Å². The van der Waals surface area contributed by atoms with Crippen LogP contribution in [-0.4, -0.2) is 57.0 Å². The number of morpholine rings is 1. The second kappa shape index (κ2) is 10.9. The zero-order valence-electron chi connectivity index (χ0n) is 18.9. The third-order valence-corrected chi connectivity index (χ3v) is 7.52. The van der Waals surface area contributed by atoms with Gasteiger partial charge in [-0.2, -0.15) is 4.31 Å². The van der Waals surface area contributed by atoms with Crippen LogP contribution in [0.1, 0.15) is 11.1 Å². The fraction of sp³-hybridized carbons (Fsp3) is 0.308. The van der Waals surface area contributed by atoms with Crippen LogP contribution in [0.5, 0.6) is 11.5 Å². The Hall–Kier alpha value is -2.71. The van der Waals surface area contributed by atoms with Crippen molar-refractivity contribution in [3.8, 4) is 11.5 Å². The molecular weight excluding hydrogens is 436 g/mol. The summed E-state index contributed by atoms with van der Waals surface area (Å²) in [5.74, 6) is 1.42. The van der Waals surface area contributed by atoms with Crippen molar-refractivity contribution in [2.24, 2.45) is 0 Å². The van der Waals surface area contributed by atoms with Crippen molar-refractivity contribution in [3.05, 3.63) is 90.0 Å². The summed E-state index contributed by atoms with van der Waals surface area (Å²) in [4.78, 5) is 2.56. The fourth-order valence-corrected chi connectivity index (χ4v) is 5.18. The van der Waals surface area contributed by atoms with Crippen molar-refractivity contribution in [2.45, 2.75) is 18.4 Å². The van der Waals surface area contributed by atoms with Crippen LogP contribution in [0.25, 0.3) is 0 Å². The zero-order chi connectivity index (χ0) is 23.1. The smallest absolute Gasteiger partial charge is 0.243 e. The Bertz CT molecular complexity index is 1130. The van der Waals surface area contributed by atoms with Gasteiger partial charge in [0.15, 0.2) is 0 Å². The summed E-state index contributed by atoms with van der Waals surface area (Å²) in [6.45, 7) is 6.29. The molecule has 3 aromatic rings. The lowest BCUT2D eigenvalue weighted by molar-refractivity contribution is 0.0361. The molecule has 0 N–H and O–H groups in total. The minimum absolute atomic E-state index is 0.270. The molecule has 0 aromatic heterocycles. The predicted octanol–water partition coefficient (Wildman–Crippen LogP) is 4.31. The van der Waals surface area contributed by atoms with Crippen molar-refractivity contribution >= 4 is 10.0 Å². The number of para-hydroxylation sites is 1. The van der Waals surface area contributed by atoms with E-state index >= 15 is 0 Å². The predicted molar refractivity (Wildman–Crippen MR) is 129 cm³/mol. The lowest BCUT2D eigenvalue weighted by Gasteiger charge is -2.30. The molecule has 1 heterocycles. The first kappa shape index (κ1) is 23.4. The molecule has 7 heteroatoms. The fourth-order valence-electron chi connectivity index (χ4n) is 3.76. The molecule has 1 fully saturated rings. The van der Waals surface area contributed by atoms with E-state index in [0.29, 0.717) is 36.9 Å². The Morgan fingerprint density at radius 2 is 1.61 bits per heavy atom. The minimum atomic E-state index is -3.65. The van der Waals surface area contributed by atoms with Crippen LogP contribution in [0.3, 0.4) is 0 Å². The van der Waals surface area contributed by atoms with E-state index in [0.717, 1.165) is 30.0 Å². The van der Waals surface area contributed by atoms with Crippen LogP contribution in [0.15, 0.2) is 83.8 Å². The van der Waals surface area contributed by atoms with E-state index in [1.54, 1.807) is 16.4 Å². The number of ether oxygens (including phenoxy) is 2. The Morgan fingerprint density at radius 3 is 2.33 bits per heavy atom. The summed E-state index contributed by atoms with van der Waals surface area (Å²) in [5, 5.41) is 0. The average molecular weight is 467 g/mol. The minimum Gasteiger partial charge on any atom is -0.457 e. The van der Waals surface area contributed by atoms with E-state index < -0.39 is 10.0 Å². The topological polar surface area (TPSA) is 59.1 Å². The molecule has 0 radical (unpaired) electrons. The lowest BCUT2D eigenvalue weighted by Crippen LogP contribution is -2.42. The second-order valence-corrected chi connectivity index (χ2v) is 10.1. The molecule has 174 valence electrons. The second-order valence-electron chi connectivity index (χ2n) is 8.17. The van der Waals surface area contributed by atoms with Gasteiger partial charge in [-0.1, -0.05) is 48.0 Å². The third kappa shape index (κ3) is 6.42. The first-order valence-electron chi connectivity index (χ1n) is 11.2. The Labute approximate surface area is 196 Å². The highest BCUT2D eigenvalue weighted by molar-refractivity contribution is 7.89. The molecule has 0 atom stereocenters. The molecule has 6 nitrogen and oxygen atoms in total. The van der Waals surface area contributed by atoms with Crippen molar-refractivity contribution in [1.29, 1.82) is 0 Å². The maximum absolute atomic E-state index is 13.5. The summed E-state index contributed by atoms with van der Waals surface area (Å²) in [5.41, 5.74) is 1.90. The third-order valence-electron chi connectivity index (χ3n) is 5.66. The van der Waals surface area contributed by atoms with Crippen molar-refractivity contribution in [2.75, 3.05) is 39.4 Å². The number of benzene rings is 3. The SMILES string of the molecule is Cc1ccc(S(=O)(=O)N(CCN2CCOCC2)Cc2cccc(Oc3ccccc3)c2)cc1. The van der Waals surface area contributed by atoms with Crippen molar-refractivity contribution in [1.82, 2.24) is 9.21 Å². The molecule has 0 unspecified atom stereocenters. The maximum Gasteiger partial charge on any atom is 0.243 e. The zero-order valence-corrected chi connectivity index (χ0v) is 19.7. The van der Waals surface area contributed by atoms with Crippen LogP contribution in [0.4, 0.5) is 0 Å². The number of hydrogen-bond acceptors (Lipinski definition) is 5. The largest absolute Gasteiger partial charge is 0.457 e. The molecule has 1 saturated heterocycles. The lowest BCUT2D eigenvalue weighted by atomic mass is 10.2. The van der Waals surface area contributed by atoms with Gasteiger partial charge in [0.1, 0.15) is 11.5 Å². The summed E-state index contributed by atoms with van der Waals surface area (Å²) in [6.07, 6.45) is 0. The molecule has 4 rings (SSSR count). The van der Waals surface area contributed by atoms with Crippen LogP contribution >= 0.6 is 0 Å².